The van der Waals surface area contributed by atoms with Crippen LogP contribution < -0.4 is 5.73 Å². The van der Waals surface area contributed by atoms with Gasteiger partial charge in [0.25, 0.3) is 5.97 Å². The molecule has 122 valence electrons. The lowest BCUT2D eigenvalue weighted by atomic mass is 9.76. The van der Waals surface area contributed by atoms with E-state index in [1.54, 1.807) is 0 Å². The van der Waals surface area contributed by atoms with Gasteiger partial charge in [0, 0.05) is 12.5 Å². The third-order valence-corrected chi connectivity index (χ3v) is 4.28. The monoisotopic (exact) mass is 287 g/mol. The van der Waals surface area contributed by atoms with Crippen molar-refractivity contribution in [2.75, 3.05) is 0 Å². The van der Waals surface area contributed by atoms with E-state index in [-0.39, 0.29) is 5.54 Å². The molecule has 3 N–H and O–H groups in total. The number of carboxylic acids is 1. The summed E-state index contributed by atoms with van der Waals surface area (Å²) in [5.74, 6) is -0.107. The zero-order valence-electron chi connectivity index (χ0n) is 14.4. The van der Waals surface area contributed by atoms with Crippen molar-refractivity contribution in [3.63, 3.8) is 0 Å². The van der Waals surface area contributed by atoms with E-state index in [9.17, 15) is 0 Å². The minimum absolute atomic E-state index is 0.0967. The minimum Gasteiger partial charge on any atom is -0.481 e. The number of hydrogen-bond acceptors (Lipinski definition) is 2. The van der Waals surface area contributed by atoms with Gasteiger partial charge in [-0.15, -0.1) is 0 Å². The topological polar surface area (TPSA) is 63.3 Å². The molecule has 0 bridgehead atoms. The summed E-state index contributed by atoms with van der Waals surface area (Å²) in [6, 6.07) is 0. The number of aliphatic carboxylic acids is 1. The summed E-state index contributed by atoms with van der Waals surface area (Å²) in [6.45, 7) is 10.1. The molecule has 0 saturated heterocycles. The van der Waals surface area contributed by atoms with Gasteiger partial charge >= 0.3 is 0 Å². The molecule has 0 amide bonds. The maximum atomic E-state index is 9.00. The maximum Gasteiger partial charge on any atom is 0.300 e. The zero-order valence-corrected chi connectivity index (χ0v) is 14.4. The Morgan fingerprint density at radius 1 is 1.05 bits per heavy atom. The van der Waals surface area contributed by atoms with E-state index in [0.717, 1.165) is 25.7 Å². The smallest absolute Gasteiger partial charge is 0.300 e. The SMILES string of the molecule is CC(=O)O.CCCCCCCC(CC)C(N)(CC)CC. The molecular formula is C17H37NO2. The van der Waals surface area contributed by atoms with E-state index in [1.165, 1.54) is 44.9 Å². The largest absolute Gasteiger partial charge is 0.481 e. The van der Waals surface area contributed by atoms with Crippen LogP contribution >= 0.6 is 0 Å². The van der Waals surface area contributed by atoms with E-state index in [1.807, 2.05) is 0 Å². The Morgan fingerprint density at radius 3 is 1.85 bits per heavy atom. The van der Waals surface area contributed by atoms with Crippen molar-refractivity contribution in [1.82, 2.24) is 0 Å². The lowest BCUT2D eigenvalue weighted by Gasteiger charge is -2.36. The molecule has 0 rings (SSSR count). The molecule has 0 aromatic heterocycles. The lowest BCUT2D eigenvalue weighted by molar-refractivity contribution is -0.134. The van der Waals surface area contributed by atoms with Crippen LogP contribution in [0, 0.1) is 5.92 Å². The Labute approximate surface area is 126 Å². The second kappa shape index (κ2) is 13.4. The molecule has 0 aliphatic carbocycles. The van der Waals surface area contributed by atoms with Gasteiger partial charge in [0.2, 0.25) is 0 Å². The molecule has 0 saturated carbocycles. The predicted molar refractivity (Wildman–Crippen MR) is 88.0 cm³/mol. The maximum absolute atomic E-state index is 9.00. The summed E-state index contributed by atoms with van der Waals surface area (Å²) >= 11 is 0. The second-order valence-corrected chi connectivity index (χ2v) is 5.77. The first-order chi connectivity index (χ1) is 9.37. The minimum atomic E-state index is -0.833. The highest BCUT2D eigenvalue weighted by Crippen LogP contribution is 2.29. The standard InChI is InChI=1S/C15H33N.C2H4O2/c1-5-9-10-11-12-13-14(6-2)15(16,7-3)8-4;1-2(3)4/h14H,5-13,16H2,1-4H3;1H3,(H,3,4). The molecule has 0 spiro atoms. The molecule has 1 unspecified atom stereocenters. The first-order valence-corrected chi connectivity index (χ1v) is 8.36. The van der Waals surface area contributed by atoms with E-state index in [0.29, 0.717) is 0 Å². The molecule has 0 aromatic rings. The highest BCUT2D eigenvalue weighted by atomic mass is 16.4. The van der Waals surface area contributed by atoms with E-state index >= 15 is 0 Å². The summed E-state index contributed by atoms with van der Waals surface area (Å²) < 4.78 is 0. The molecule has 1 atom stereocenters. The summed E-state index contributed by atoms with van der Waals surface area (Å²) in [5.41, 5.74) is 6.59. The number of carbonyl (C=O) groups is 1. The fourth-order valence-electron chi connectivity index (χ4n) is 2.72. The van der Waals surface area contributed by atoms with Crippen molar-refractivity contribution in [2.45, 2.75) is 97.9 Å². The van der Waals surface area contributed by atoms with E-state index in [2.05, 4.69) is 27.7 Å². The first-order valence-electron chi connectivity index (χ1n) is 8.36. The summed E-state index contributed by atoms with van der Waals surface area (Å²) in [6.07, 6.45) is 11.7. The average Bonchev–Trinajstić information content (AvgIpc) is 2.41. The highest BCUT2D eigenvalue weighted by molar-refractivity contribution is 5.62. The molecule has 3 nitrogen and oxygen atoms in total. The van der Waals surface area contributed by atoms with Crippen LogP contribution in [0.5, 0.6) is 0 Å². The van der Waals surface area contributed by atoms with Crippen LogP contribution in [0.15, 0.2) is 0 Å². The Hall–Kier alpha value is -0.570. The third-order valence-electron chi connectivity index (χ3n) is 4.28. The zero-order chi connectivity index (χ0) is 16.0. The van der Waals surface area contributed by atoms with Gasteiger partial charge in [0.05, 0.1) is 0 Å². The molecular weight excluding hydrogens is 250 g/mol. The van der Waals surface area contributed by atoms with Gasteiger partial charge in [-0.05, 0) is 25.2 Å². The second-order valence-electron chi connectivity index (χ2n) is 5.77. The molecule has 0 fully saturated rings. The van der Waals surface area contributed by atoms with Gasteiger partial charge in [0.1, 0.15) is 0 Å². The molecule has 0 heterocycles. The van der Waals surface area contributed by atoms with Crippen molar-refractivity contribution in [2.24, 2.45) is 11.7 Å². The van der Waals surface area contributed by atoms with Gasteiger partial charge in [-0.3, -0.25) is 4.79 Å². The lowest BCUT2D eigenvalue weighted by Crippen LogP contribution is -2.45. The van der Waals surface area contributed by atoms with Crippen LogP contribution in [-0.2, 0) is 4.79 Å². The fourth-order valence-corrected chi connectivity index (χ4v) is 2.72. The molecule has 3 heteroatoms. The Morgan fingerprint density at radius 2 is 1.50 bits per heavy atom. The number of rotatable bonds is 10. The van der Waals surface area contributed by atoms with Crippen LogP contribution in [-0.4, -0.2) is 16.6 Å². The van der Waals surface area contributed by atoms with Crippen molar-refractivity contribution in [3.8, 4) is 0 Å². The van der Waals surface area contributed by atoms with Crippen LogP contribution in [0.1, 0.15) is 92.4 Å². The first kappa shape index (κ1) is 21.7. The number of hydrogen-bond donors (Lipinski definition) is 2. The van der Waals surface area contributed by atoms with Crippen LogP contribution in [0.3, 0.4) is 0 Å². The molecule has 0 radical (unpaired) electrons. The Bertz CT molecular complexity index is 221. The summed E-state index contributed by atoms with van der Waals surface area (Å²) in [5, 5.41) is 7.42. The van der Waals surface area contributed by atoms with Gasteiger partial charge in [-0.2, -0.15) is 0 Å². The molecule has 0 aromatic carbocycles. The number of unbranched alkanes of at least 4 members (excludes halogenated alkanes) is 4. The van der Waals surface area contributed by atoms with Gasteiger partial charge in [-0.25, -0.2) is 0 Å². The average molecular weight is 287 g/mol. The van der Waals surface area contributed by atoms with Crippen molar-refractivity contribution < 1.29 is 9.90 Å². The fraction of sp³-hybridized carbons (Fsp3) is 0.941. The van der Waals surface area contributed by atoms with E-state index in [4.69, 9.17) is 15.6 Å². The predicted octanol–water partition coefficient (Wildman–Crippen LogP) is 4.98. The highest BCUT2D eigenvalue weighted by Gasteiger charge is 2.29. The van der Waals surface area contributed by atoms with Gasteiger partial charge < -0.3 is 10.8 Å². The summed E-state index contributed by atoms with van der Waals surface area (Å²) in [4.78, 5) is 9.00. The quantitative estimate of drug-likeness (QED) is 0.557. The van der Waals surface area contributed by atoms with Crippen molar-refractivity contribution in [3.05, 3.63) is 0 Å². The van der Waals surface area contributed by atoms with Gasteiger partial charge in [0.15, 0.2) is 0 Å². The van der Waals surface area contributed by atoms with Crippen LogP contribution in [0.2, 0.25) is 0 Å². The Kier molecular flexibility index (Phi) is 14.6. The Balaban J connectivity index is 0. The van der Waals surface area contributed by atoms with Crippen LogP contribution in [0.25, 0.3) is 0 Å². The van der Waals surface area contributed by atoms with Gasteiger partial charge in [-0.1, -0.05) is 66.2 Å². The van der Waals surface area contributed by atoms with Crippen molar-refractivity contribution in [1.29, 1.82) is 0 Å². The molecule has 0 aliphatic heterocycles. The number of carboxylic acid groups (broad SMARTS) is 1. The number of nitrogens with two attached hydrogens (primary N) is 1. The summed E-state index contributed by atoms with van der Waals surface area (Å²) in [7, 11) is 0. The normalized spacial score (nSPS) is 12.5. The van der Waals surface area contributed by atoms with E-state index < -0.39 is 5.97 Å². The molecule has 20 heavy (non-hydrogen) atoms. The van der Waals surface area contributed by atoms with Crippen LogP contribution in [0.4, 0.5) is 0 Å². The molecule has 0 aliphatic rings. The third kappa shape index (κ3) is 11.3. The van der Waals surface area contributed by atoms with Crippen molar-refractivity contribution >= 4 is 5.97 Å².